The van der Waals surface area contributed by atoms with Crippen molar-refractivity contribution in [3.05, 3.63) is 88.8 Å². The molecular weight excluding hydrogens is 352 g/mol. The van der Waals surface area contributed by atoms with Gasteiger partial charge in [-0.15, -0.1) is 0 Å². The Kier molecular flexibility index (Phi) is 4.67. The summed E-state index contributed by atoms with van der Waals surface area (Å²) in [6.07, 6.45) is 1.65. The van der Waals surface area contributed by atoms with Crippen molar-refractivity contribution in [3.8, 4) is 0 Å². The van der Waals surface area contributed by atoms with Gasteiger partial charge in [0.15, 0.2) is 0 Å². The smallest absolute Gasteiger partial charge is 0.258 e. The summed E-state index contributed by atoms with van der Waals surface area (Å²) in [4.78, 5) is 25.7. The number of fused-ring (bicyclic) bond motifs is 2. The number of hydrogen-bond donors (Lipinski definition) is 2. The van der Waals surface area contributed by atoms with E-state index in [1.54, 1.807) is 43.5 Å². The molecule has 0 aliphatic rings. The minimum absolute atomic E-state index is 0.122. The van der Waals surface area contributed by atoms with Crippen LogP contribution in [0.25, 0.3) is 21.5 Å². The van der Waals surface area contributed by atoms with Crippen molar-refractivity contribution in [1.29, 1.82) is 0 Å². The number of carbonyl (C=O) groups is 1. The van der Waals surface area contributed by atoms with E-state index in [0.29, 0.717) is 22.0 Å². The molecule has 0 fully saturated rings. The largest absolute Gasteiger partial charge is 0.394 e. The zero-order valence-corrected chi connectivity index (χ0v) is 15.4. The van der Waals surface area contributed by atoms with Gasteiger partial charge in [0.1, 0.15) is 0 Å². The lowest BCUT2D eigenvalue weighted by Crippen LogP contribution is -2.25. The molecule has 0 saturated heterocycles. The normalized spacial score (nSPS) is 12.2. The molecule has 1 unspecified atom stereocenters. The number of aliphatic hydroxyl groups is 1. The molecule has 1 amide bonds. The fraction of sp³-hybridized carbons (Fsp3) is 0.130. The third-order valence-corrected chi connectivity index (χ3v) is 4.99. The molecule has 5 heteroatoms. The van der Waals surface area contributed by atoms with Gasteiger partial charge in [0, 0.05) is 28.2 Å². The van der Waals surface area contributed by atoms with E-state index < -0.39 is 0 Å². The summed E-state index contributed by atoms with van der Waals surface area (Å²) < 4.78 is 1.50. The van der Waals surface area contributed by atoms with Gasteiger partial charge in [-0.3, -0.25) is 9.59 Å². The maximum absolute atomic E-state index is 13.0. The van der Waals surface area contributed by atoms with Gasteiger partial charge in [-0.2, -0.15) is 0 Å². The minimum atomic E-state index is -0.314. The first-order valence-corrected chi connectivity index (χ1v) is 9.14. The lowest BCUT2D eigenvalue weighted by molar-refractivity contribution is 0.102. The fourth-order valence-electron chi connectivity index (χ4n) is 3.45. The highest BCUT2D eigenvalue weighted by molar-refractivity contribution is 6.15. The number of rotatable bonds is 4. The number of anilines is 1. The van der Waals surface area contributed by atoms with Gasteiger partial charge in [0.2, 0.25) is 0 Å². The molecule has 28 heavy (non-hydrogen) atoms. The van der Waals surface area contributed by atoms with Crippen molar-refractivity contribution in [2.45, 2.75) is 13.0 Å². The average molecular weight is 372 g/mol. The van der Waals surface area contributed by atoms with Gasteiger partial charge in [-0.1, -0.05) is 42.5 Å². The van der Waals surface area contributed by atoms with Crippen LogP contribution in [-0.4, -0.2) is 22.2 Å². The van der Waals surface area contributed by atoms with Crippen LogP contribution >= 0.6 is 0 Å². The van der Waals surface area contributed by atoms with Crippen LogP contribution in [0, 0.1) is 0 Å². The number of benzene rings is 3. The van der Waals surface area contributed by atoms with E-state index in [9.17, 15) is 14.7 Å². The number of nitrogens with one attached hydrogen (secondary N) is 1. The van der Waals surface area contributed by atoms with E-state index in [-0.39, 0.29) is 24.1 Å². The highest BCUT2D eigenvalue weighted by Gasteiger charge is 2.14. The molecule has 140 valence electrons. The van der Waals surface area contributed by atoms with E-state index in [4.69, 9.17) is 0 Å². The summed E-state index contributed by atoms with van der Waals surface area (Å²) in [5, 5.41) is 15.3. The molecule has 0 saturated carbocycles. The SMILES string of the molecule is CC(CO)n1ccc2c(NC(=O)c3cccc4ccccc34)cccc2c1=O. The predicted molar refractivity (Wildman–Crippen MR) is 112 cm³/mol. The molecule has 0 radical (unpaired) electrons. The van der Waals surface area contributed by atoms with Crippen LogP contribution < -0.4 is 10.9 Å². The monoisotopic (exact) mass is 372 g/mol. The van der Waals surface area contributed by atoms with Crippen LogP contribution in [0.5, 0.6) is 0 Å². The number of carbonyl (C=O) groups excluding carboxylic acids is 1. The standard InChI is InChI=1S/C23H20N2O3/c1-15(14-26)25-13-12-18-20(23(25)28)10-5-11-21(18)24-22(27)19-9-4-7-16-6-2-3-8-17(16)19/h2-13,15,26H,14H2,1H3,(H,24,27). The molecule has 0 bridgehead atoms. The molecule has 3 aromatic carbocycles. The van der Waals surface area contributed by atoms with Crippen molar-refractivity contribution in [1.82, 2.24) is 4.57 Å². The molecule has 4 rings (SSSR count). The fourth-order valence-corrected chi connectivity index (χ4v) is 3.45. The summed E-state index contributed by atoms with van der Waals surface area (Å²) in [7, 11) is 0. The third kappa shape index (κ3) is 3.06. The second kappa shape index (κ2) is 7.29. The predicted octanol–water partition coefficient (Wildman–Crippen LogP) is 3.96. The maximum atomic E-state index is 13.0. The number of amides is 1. The molecule has 1 atom stereocenters. The summed E-state index contributed by atoms with van der Waals surface area (Å²) >= 11 is 0. The first-order chi connectivity index (χ1) is 13.6. The number of aromatic nitrogens is 1. The van der Waals surface area contributed by atoms with E-state index in [1.165, 1.54) is 4.57 Å². The Morgan fingerprint density at radius 1 is 0.964 bits per heavy atom. The summed E-state index contributed by atoms with van der Waals surface area (Å²) in [6, 6.07) is 20.1. The molecule has 0 aliphatic heterocycles. The van der Waals surface area contributed by atoms with Crippen molar-refractivity contribution in [3.63, 3.8) is 0 Å². The van der Waals surface area contributed by atoms with Gasteiger partial charge in [-0.05, 0) is 42.0 Å². The second-order valence-corrected chi connectivity index (χ2v) is 6.81. The summed E-state index contributed by atoms with van der Waals surface area (Å²) in [6.45, 7) is 1.66. The topological polar surface area (TPSA) is 71.3 Å². The minimum Gasteiger partial charge on any atom is -0.394 e. The van der Waals surface area contributed by atoms with E-state index in [2.05, 4.69) is 5.32 Å². The van der Waals surface area contributed by atoms with Gasteiger partial charge >= 0.3 is 0 Å². The zero-order valence-electron chi connectivity index (χ0n) is 15.4. The van der Waals surface area contributed by atoms with E-state index in [1.807, 2.05) is 36.4 Å². The first kappa shape index (κ1) is 17.9. The van der Waals surface area contributed by atoms with Crippen molar-refractivity contribution >= 4 is 33.1 Å². The molecular formula is C23H20N2O3. The Morgan fingerprint density at radius 2 is 1.68 bits per heavy atom. The second-order valence-electron chi connectivity index (χ2n) is 6.81. The number of nitrogens with zero attached hydrogens (tertiary/aromatic N) is 1. The Balaban J connectivity index is 1.77. The lowest BCUT2D eigenvalue weighted by atomic mass is 10.0. The van der Waals surface area contributed by atoms with Crippen LogP contribution in [-0.2, 0) is 0 Å². The summed E-state index contributed by atoms with van der Waals surface area (Å²) in [5.74, 6) is -0.225. The highest BCUT2D eigenvalue weighted by Crippen LogP contribution is 2.24. The Bertz CT molecular complexity index is 1240. The Morgan fingerprint density at radius 3 is 2.50 bits per heavy atom. The number of pyridine rings is 1. The van der Waals surface area contributed by atoms with Crippen LogP contribution in [0.3, 0.4) is 0 Å². The maximum Gasteiger partial charge on any atom is 0.258 e. The van der Waals surface area contributed by atoms with Crippen molar-refractivity contribution < 1.29 is 9.90 Å². The lowest BCUT2D eigenvalue weighted by Gasteiger charge is -2.15. The van der Waals surface area contributed by atoms with Crippen LogP contribution in [0.15, 0.2) is 77.7 Å². The average Bonchev–Trinajstić information content (AvgIpc) is 2.73. The highest BCUT2D eigenvalue weighted by atomic mass is 16.3. The van der Waals surface area contributed by atoms with Gasteiger partial charge < -0.3 is 15.0 Å². The zero-order chi connectivity index (χ0) is 19.7. The van der Waals surface area contributed by atoms with Crippen molar-refractivity contribution in [2.24, 2.45) is 0 Å². The van der Waals surface area contributed by atoms with Gasteiger partial charge in [0.25, 0.3) is 11.5 Å². The van der Waals surface area contributed by atoms with Crippen LogP contribution in [0.1, 0.15) is 23.3 Å². The Hall–Kier alpha value is -3.44. The number of aliphatic hydroxyl groups excluding tert-OH is 1. The van der Waals surface area contributed by atoms with Gasteiger partial charge in [0.05, 0.1) is 12.6 Å². The third-order valence-electron chi connectivity index (χ3n) is 4.99. The molecule has 2 N–H and O–H groups in total. The number of hydrogen-bond acceptors (Lipinski definition) is 3. The van der Waals surface area contributed by atoms with Gasteiger partial charge in [-0.25, -0.2) is 0 Å². The summed E-state index contributed by atoms with van der Waals surface area (Å²) in [5.41, 5.74) is 0.967. The quantitative estimate of drug-likeness (QED) is 0.570. The molecule has 0 aliphatic carbocycles. The van der Waals surface area contributed by atoms with E-state index in [0.717, 1.165) is 10.8 Å². The molecule has 5 nitrogen and oxygen atoms in total. The molecule has 4 aromatic rings. The first-order valence-electron chi connectivity index (χ1n) is 9.14. The van der Waals surface area contributed by atoms with Crippen LogP contribution in [0.4, 0.5) is 5.69 Å². The molecule has 1 heterocycles. The van der Waals surface area contributed by atoms with E-state index >= 15 is 0 Å². The van der Waals surface area contributed by atoms with Crippen LogP contribution in [0.2, 0.25) is 0 Å². The van der Waals surface area contributed by atoms with Crippen molar-refractivity contribution in [2.75, 3.05) is 11.9 Å². The molecule has 0 spiro atoms. The Labute approximate surface area is 161 Å². The molecule has 1 aromatic heterocycles.